The summed E-state index contributed by atoms with van der Waals surface area (Å²) in [6.45, 7) is 12.8. The third kappa shape index (κ3) is 5.01. The first-order valence-electron chi connectivity index (χ1n) is 11.6. The minimum absolute atomic E-state index is 0.241. The number of ether oxygens (including phenoxy) is 1. The molecule has 0 aliphatic heterocycles. The average Bonchev–Trinajstić information content (AvgIpc) is 3.11. The number of hydrogen-bond donors (Lipinski definition) is 2. The number of benzene rings is 1. The van der Waals surface area contributed by atoms with E-state index in [0.29, 0.717) is 28.7 Å². The van der Waals surface area contributed by atoms with Crippen molar-refractivity contribution in [2.75, 3.05) is 5.32 Å². The summed E-state index contributed by atoms with van der Waals surface area (Å²) in [5, 5.41) is 3.53. The number of aryl methyl sites for hydroxylation is 2. The zero-order chi connectivity index (χ0) is 23.6. The Bertz CT molecular complexity index is 1010. The van der Waals surface area contributed by atoms with E-state index in [9.17, 15) is 9.59 Å². The summed E-state index contributed by atoms with van der Waals surface area (Å²) >= 11 is 1.50. The summed E-state index contributed by atoms with van der Waals surface area (Å²) in [4.78, 5) is 26.6. The highest BCUT2D eigenvalue weighted by Crippen LogP contribution is 2.45. The maximum atomic E-state index is 13.1. The lowest BCUT2D eigenvalue weighted by molar-refractivity contribution is -0.122. The van der Waals surface area contributed by atoms with Crippen LogP contribution in [0.5, 0.6) is 5.75 Å². The fourth-order valence-electron chi connectivity index (χ4n) is 4.36. The van der Waals surface area contributed by atoms with Crippen molar-refractivity contribution in [1.82, 2.24) is 0 Å². The number of nitrogens with one attached hydrogen (secondary N) is 1. The Hall–Kier alpha value is -2.34. The molecule has 32 heavy (non-hydrogen) atoms. The van der Waals surface area contributed by atoms with Crippen molar-refractivity contribution >= 4 is 28.2 Å². The Labute approximate surface area is 195 Å². The molecule has 0 fully saturated rings. The van der Waals surface area contributed by atoms with Crippen molar-refractivity contribution in [2.24, 2.45) is 17.1 Å². The van der Waals surface area contributed by atoms with Crippen LogP contribution < -0.4 is 15.8 Å². The van der Waals surface area contributed by atoms with E-state index >= 15 is 0 Å². The summed E-state index contributed by atoms with van der Waals surface area (Å²) < 4.78 is 5.99. The number of nitrogens with two attached hydrogens (primary N) is 1. The first kappa shape index (κ1) is 24.3. The third-order valence-corrected chi connectivity index (χ3v) is 8.35. The minimum Gasteiger partial charge on any atom is -0.481 e. The van der Waals surface area contributed by atoms with Crippen molar-refractivity contribution < 1.29 is 14.3 Å². The summed E-state index contributed by atoms with van der Waals surface area (Å²) in [7, 11) is 0. The van der Waals surface area contributed by atoms with Gasteiger partial charge in [-0.2, -0.15) is 0 Å². The lowest BCUT2D eigenvalue weighted by Gasteiger charge is -2.36. The highest BCUT2D eigenvalue weighted by atomic mass is 32.1. The lowest BCUT2D eigenvalue weighted by atomic mass is 9.69. The van der Waals surface area contributed by atoms with Crippen LogP contribution >= 0.6 is 11.3 Å². The van der Waals surface area contributed by atoms with Crippen LogP contribution in [0, 0.1) is 25.2 Å². The number of carbonyl (C=O) groups excluding carboxylic acids is 2. The van der Waals surface area contributed by atoms with E-state index in [1.165, 1.54) is 21.8 Å². The van der Waals surface area contributed by atoms with Crippen LogP contribution in [0.2, 0.25) is 0 Å². The highest BCUT2D eigenvalue weighted by molar-refractivity contribution is 7.17. The van der Waals surface area contributed by atoms with Crippen LogP contribution in [-0.2, 0) is 17.6 Å². The van der Waals surface area contributed by atoms with Crippen molar-refractivity contribution in [3.8, 4) is 5.75 Å². The number of rotatable bonds is 8. The van der Waals surface area contributed by atoms with Crippen LogP contribution in [-0.4, -0.2) is 17.9 Å². The number of primary amides is 1. The number of hydrogen-bond acceptors (Lipinski definition) is 4. The standard InChI is InChI=1S/C26H36N2O3S/c1-7-20(31-18-11-9-15(3)16(4)13-18)24(30)28-25-22(23(27)29)19-12-10-17(14-21(19)32-25)26(5,6)8-2/h9,11,13,17,20H,7-8,10,12,14H2,1-6H3,(H2,27,29)(H,28,30)/t17-,20-/m0/s1. The van der Waals surface area contributed by atoms with Gasteiger partial charge in [0.15, 0.2) is 6.10 Å². The smallest absolute Gasteiger partial charge is 0.266 e. The molecule has 5 nitrogen and oxygen atoms in total. The van der Waals surface area contributed by atoms with E-state index in [0.717, 1.165) is 36.8 Å². The normalized spacial score (nSPS) is 16.9. The molecule has 2 amide bonds. The second kappa shape index (κ2) is 9.65. The van der Waals surface area contributed by atoms with Crippen LogP contribution in [0.1, 0.15) is 78.9 Å². The van der Waals surface area contributed by atoms with E-state index in [2.05, 4.69) is 26.1 Å². The highest BCUT2D eigenvalue weighted by Gasteiger charge is 2.35. The molecule has 1 aliphatic carbocycles. The molecule has 0 saturated carbocycles. The Balaban J connectivity index is 1.82. The first-order valence-corrected chi connectivity index (χ1v) is 12.4. The number of carbonyl (C=O) groups is 2. The maximum Gasteiger partial charge on any atom is 0.266 e. The van der Waals surface area contributed by atoms with Crippen LogP contribution in [0.3, 0.4) is 0 Å². The Morgan fingerprint density at radius 3 is 2.56 bits per heavy atom. The van der Waals surface area contributed by atoms with Crippen molar-refractivity contribution in [1.29, 1.82) is 0 Å². The van der Waals surface area contributed by atoms with Crippen molar-refractivity contribution in [2.45, 2.75) is 79.8 Å². The molecule has 0 bridgehead atoms. The molecule has 2 aromatic rings. The lowest BCUT2D eigenvalue weighted by Crippen LogP contribution is -2.33. The van der Waals surface area contributed by atoms with Gasteiger partial charge >= 0.3 is 0 Å². The fourth-order valence-corrected chi connectivity index (χ4v) is 5.69. The molecule has 0 saturated heterocycles. The Morgan fingerprint density at radius 1 is 1.25 bits per heavy atom. The molecule has 0 spiro atoms. The zero-order valence-corrected chi connectivity index (χ0v) is 20.9. The summed E-state index contributed by atoms with van der Waals surface area (Å²) in [5.41, 5.74) is 9.78. The maximum absolute atomic E-state index is 13.1. The Kier molecular flexibility index (Phi) is 7.33. The molecule has 1 heterocycles. The number of anilines is 1. The van der Waals surface area contributed by atoms with E-state index in [1.54, 1.807) is 0 Å². The number of amides is 2. The van der Waals surface area contributed by atoms with Gasteiger partial charge < -0.3 is 15.8 Å². The van der Waals surface area contributed by atoms with Crippen LogP contribution in [0.15, 0.2) is 18.2 Å². The Morgan fingerprint density at radius 2 is 1.97 bits per heavy atom. The first-order chi connectivity index (χ1) is 15.1. The molecular formula is C26H36N2O3S. The average molecular weight is 457 g/mol. The molecule has 6 heteroatoms. The van der Waals surface area contributed by atoms with E-state index in [-0.39, 0.29) is 11.3 Å². The van der Waals surface area contributed by atoms with Crippen LogP contribution in [0.4, 0.5) is 5.00 Å². The van der Waals surface area contributed by atoms with Gasteiger partial charge in [-0.05, 0) is 79.7 Å². The summed E-state index contributed by atoms with van der Waals surface area (Å²) in [6.07, 6.45) is 3.76. The van der Waals surface area contributed by atoms with E-state index < -0.39 is 12.0 Å². The van der Waals surface area contributed by atoms with Crippen molar-refractivity contribution in [3.63, 3.8) is 0 Å². The zero-order valence-electron chi connectivity index (χ0n) is 20.1. The molecule has 1 aliphatic rings. The summed E-state index contributed by atoms with van der Waals surface area (Å²) in [5.74, 6) is 0.492. The van der Waals surface area contributed by atoms with Crippen LogP contribution in [0.25, 0.3) is 0 Å². The quantitative estimate of drug-likeness (QED) is 0.527. The van der Waals surface area contributed by atoms with Gasteiger partial charge in [-0.15, -0.1) is 11.3 Å². The van der Waals surface area contributed by atoms with Gasteiger partial charge in [0.1, 0.15) is 10.8 Å². The summed E-state index contributed by atoms with van der Waals surface area (Å²) in [6, 6.07) is 5.81. The van der Waals surface area contributed by atoms with Gasteiger partial charge in [-0.25, -0.2) is 0 Å². The SMILES string of the molecule is CC[C@H](Oc1ccc(C)c(C)c1)C(=O)Nc1sc2c(c1C(N)=O)CC[C@H](C(C)(C)CC)C2. The molecule has 0 radical (unpaired) electrons. The number of fused-ring (bicyclic) bond motifs is 1. The van der Waals surface area contributed by atoms with E-state index in [1.807, 2.05) is 39.0 Å². The van der Waals surface area contributed by atoms with Gasteiger partial charge in [0, 0.05) is 4.88 Å². The fraction of sp³-hybridized carbons (Fsp3) is 0.538. The van der Waals surface area contributed by atoms with Gasteiger partial charge in [-0.1, -0.05) is 40.2 Å². The second-order valence-electron chi connectivity index (χ2n) is 9.60. The van der Waals surface area contributed by atoms with Gasteiger partial charge in [0.05, 0.1) is 5.56 Å². The second-order valence-corrected chi connectivity index (χ2v) is 10.7. The third-order valence-electron chi connectivity index (χ3n) is 7.18. The topological polar surface area (TPSA) is 81.4 Å². The monoisotopic (exact) mass is 456 g/mol. The van der Waals surface area contributed by atoms with Gasteiger partial charge in [0.25, 0.3) is 11.8 Å². The molecular weight excluding hydrogens is 420 g/mol. The van der Waals surface area contributed by atoms with Crippen molar-refractivity contribution in [3.05, 3.63) is 45.3 Å². The molecule has 0 unspecified atom stereocenters. The molecule has 3 N–H and O–H groups in total. The number of thiophene rings is 1. The predicted molar refractivity (Wildman–Crippen MR) is 132 cm³/mol. The largest absolute Gasteiger partial charge is 0.481 e. The van der Waals surface area contributed by atoms with Gasteiger partial charge in [0.2, 0.25) is 0 Å². The molecule has 174 valence electrons. The minimum atomic E-state index is -0.649. The molecule has 3 rings (SSSR count). The molecule has 1 aromatic heterocycles. The van der Waals surface area contributed by atoms with E-state index in [4.69, 9.17) is 10.5 Å². The van der Waals surface area contributed by atoms with Gasteiger partial charge in [-0.3, -0.25) is 9.59 Å². The molecule has 2 atom stereocenters. The predicted octanol–water partition coefficient (Wildman–Crippen LogP) is 5.80. The molecule has 1 aromatic carbocycles.